The van der Waals surface area contributed by atoms with Crippen molar-refractivity contribution in [3.8, 4) is 16.8 Å². The molecule has 1 unspecified atom stereocenters. The number of aryl methyl sites for hydroxylation is 1. The molecule has 5 nitrogen and oxygen atoms in total. The normalized spacial score (nSPS) is 12.8. The van der Waals surface area contributed by atoms with Crippen molar-refractivity contribution >= 4 is 7.60 Å². The van der Waals surface area contributed by atoms with Crippen molar-refractivity contribution in [2.45, 2.75) is 19.5 Å². The lowest BCUT2D eigenvalue weighted by Gasteiger charge is -2.14. The highest BCUT2D eigenvalue weighted by molar-refractivity contribution is 7.52. The third-order valence-electron chi connectivity index (χ3n) is 4.24. The van der Waals surface area contributed by atoms with E-state index in [2.05, 4.69) is 4.98 Å². The van der Waals surface area contributed by atoms with Crippen LogP contribution < -0.4 is 4.57 Å². The van der Waals surface area contributed by atoms with Gasteiger partial charge in [-0.15, -0.1) is 0 Å². The fraction of sp³-hybridized carbons (Fsp3) is 0.158. The van der Waals surface area contributed by atoms with Gasteiger partial charge in [0.25, 0.3) is 0 Å². The number of benzene rings is 1. The fourth-order valence-electron chi connectivity index (χ4n) is 2.68. The Hall–Kier alpha value is -2.33. The van der Waals surface area contributed by atoms with Crippen LogP contribution in [0.25, 0.3) is 16.8 Å². The summed E-state index contributed by atoms with van der Waals surface area (Å²) in [4.78, 5) is 23.4. The molecule has 0 bridgehead atoms. The minimum atomic E-state index is -4.28. The Morgan fingerprint density at radius 3 is 2.24 bits per heavy atom. The Bertz CT molecular complexity index is 921. The standard InChI is InChI=1S/C19H19N2O3P/c1-14-3-5-18(6-4-14)21-12-9-17(16-7-10-20-11-8-16)13-19(21)15(2)25(22,23)24/h3-13,15H,1-2H3,(H-,22,23,24)/p+1. The molecule has 2 aromatic heterocycles. The van der Waals surface area contributed by atoms with Crippen LogP contribution in [0.3, 0.4) is 0 Å². The first-order valence-corrected chi connectivity index (χ1v) is 9.62. The van der Waals surface area contributed by atoms with Crippen molar-refractivity contribution in [2.24, 2.45) is 0 Å². The van der Waals surface area contributed by atoms with Crippen LogP contribution >= 0.6 is 7.60 Å². The van der Waals surface area contributed by atoms with Crippen LogP contribution in [0.5, 0.6) is 0 Å². The van der Waals surface area contributed by atoms with Gasteiger partial charge in [0.2, 0.25) is 11.4 Å². The molecule has 3 rings (SSSR count). The minimum Gasteiger partial charge on any atom is -0.324 e. The molecule has 0 aliphatic rings. The van der Waals surface area contributed by atoms with Crippen LogP contribution in [0, 0.1) is 6.92 Å². The number of pyridine rings is 2. The van der Waals surface area contributed by atoms with Gasteiger partial charge < -0.3 is 9.79 Å². The van der Waals surface area contributed by atoms with Crippen LogP contribution in [0.4, 0.5) is 0 Å². The number of rotatable bonds is 4. The van der Waals surface area contributed by atoms with E-state index in [1.54, 1.807) is 19.3 Å². The quantitative estimate of drug-likeness (QED) is 0.554. The molecule has 128 valence electrons. The first-order valence-electron chi connectivity index (χ1n) is 7.94. The minimum absolute atomic E-state index is 0.562. The second-order valence-electron chi connectivity index (χ2n) is 6.05. The van der Waals surface area contributed by atoms with Crippen LogP contribution in [0.1, 0.15) is 23.8 Å². The summed E-state index contributed by atoms with van der Waals surface area (Å²) in [5.74, 6) is 0. The topological polar surface area (TPSA) is 74.3 Å². The molecular weight excluding hydrogens is 335 g/mol. The van der Waals surface area contributed by atoms with Gasteiger partial charge in [-0.2, -0.15) is 4.57 Å². The molecule has 2 N–H and O–H groups in total. The summed E-state index contributed by atoms with van der Waals surface area (Å²) in [6.07, 6.45) is 5.24. The molecule has 2 heterocycles. The highest BCUT2D eigenvalue weighted by atomic mass is 31.2. The first-order chi connectivity index (χ1) is 11.9. The van der Waals surface area contributed by atoms with Crippen molar-refractivity contribution in [1.82, 2.24) is 4.98 Å². The van der Waals surface area contributed by atoms with Gasteiger partial charge in [0.1, 0.15) is 5.66 Å². The lowest BCUT2D eigenvalue weighted by Crippen LogP contribution is -2.36. The van der Waals surface area contributed by atoms with E-state index in [4.69, 9.17) is 0 Å². The molecule has 1 atom stereocenters. The first kappa shape index (κ1) is 17.5. The van der Waals surface area contributed by atoms with Crippen molar-refractivity contribution in [1.29, 1.82) is 0 Å². The zero-order valence-corrected chi connectivity index (χ0v) is 15.0. The van der Waals surface area contributed by atoms with Gasteiger partial charge in [0, 0.05) is 36.7 Å². The Morgan fingerprint density at radius 2 is 1.64 bits per heavy atom. The maximum absolute atomic E-state index is 11.9. The second kappa shape index (κ2) is 6.89. The van der Waals surface area contributed by atoms with Crippen molar-refractivity contribution in [3.05, 3.63) is 78.4 Å². The van der Waals surface area contributed by atoms with E-state index in [9.17, 15) is 14.4 Å². The molecule has 0 aliphatic heterocycles. The van der Waals surface area contributed by atoms with E-state index in [0.717, 1.165) is 22.4 Å². The highest BCUT2D eigenvalue weighted by Crippen LogP contribution is 2.50. The maximum Gasteiger partial charge on any atom is 0.338 e. The molecule has 3 aromatic rings. The summed E-state index contributed by atoms with van der Waals surface area (Å²) in [7, 11) is -4.28. The van der Waals surface area contributed by atoms with Crippen LogP contribution in [-0.2, 0) is 4.57 Å². The van der Waals surface area contributed by atoms with Crippen LogP contribution in [-0.4, -0.2) is 14.8 Å². The Kier molecular flexibility index (Phi) is 4.82. The van der Waals surface area contributed by atoms with Crippen molar-refractivity contribution in [3.63, 3.8) is 0 Å². The maximum atomic E-state index is 11.9. The molecule has 1 aromatic carbocycles. The van der Waals surface area contributed by atoms with Gasteiger partial charge in [0.05, 0.1) is 0 Å². The number of hydrogen-bond acceptors (Lipinski definition) is 2. The zero-order chi connectivity index (χ0) is 18.0. The summed E-state index contributed by atoms with van der Waals surface area (Å²) < 4.78 is 13.7. The summed E-state index contributed by atoms with van der Waals surface area (Å²) in [5.41, 5.74) is 3.47. The highest BCUT2D eigenvalue weighted by Gasteiger charge is 2.34. The summed E-state index contributed by atoms with van der Waals surface area (Å²) in [6, 6.07) is 15.4. The van der Waals surface area contributed by atoms with Gasteiger partial charge in [-0.05, 0) is 37.1 Å². The van der Waals surface area contributed by atoms with E-state index in [1.165, 1.54) is 0 Å². The van der Waals surface area contributed by atoms with E-state index in [0.29, 0.717) is 5.69 Å². The molecule has 0 amide bonds. The van der Waals surface area contributed by atoms with E-state index in [1.807, 2.05) is 66.2 Å². The molecule has 0 fully saturated rings. The lowest BCUT2D eigenvalue weighted by atomic mass is 10.1. The Morgan fingerprint density at radius 1 is 1.00 bits per heavy atom. The van der Waals surface area contributed by atoms with Crippen LogP contribution in [0.2, 0.25) is 0 Å². The summed E-state index contributed by atoms with van der Waals surface area (Å²) in [5, 5.41) is 0. The average molecular weight is 355 g/mol. The van der Waals surface area contributed by atoms with E-state index < -0.39 is 13.3 Å². The van der Waals surface area contributed by atoms with Crippen molar-refractivity contribution < 1.29 is 18.9 Å². The summed E-state index contributed by atoms with van der Waals surface area (Å²) >= 11 is 0. The third-order valence-corrected chi connectivity index (χ3v) is 5.52. The van der Waals surface area contributed by atoms with E-state index >= 15 is 0 Å². The molecule has 0 radical (unpaired) electrons. The molecule has 0 spiro atoms. The smallest absolute Gasteiger partial charge is 0.324 e. The molecule has 25 heavy (non-hydrogen) atoms. The zero-order valence-electron chi connectivity index (χ0n) is 14.1. The summed E-state index contributed by atoms with van der Waals surface area (Å²) in [6.45, 7) is 3.55. The second-order valence-corrected chi connectivity index (χ2v) is 8.00. The SMILES string of the molecule is Cc1ccc(-[n+]2ccc(-c3ccncc3)cc2C(C)P(=O)(O)O)cc1. The van der Waals surface area contributed by atoms with Crippen molar-refractivity contribution in [2.75, 3.05) is 0 Å². The molecule has 0 saturated heterocycles. The molecule has 0 saturated carbocycles. The predicted molar refractivity (Wildman–Crippen MR) is 96.4 cm³/mol. The van der Waals surface area contributed by atoms with Gasteiger partial charge in [-0.1, -0.05) is 17.7 Å². The number of hydrogen-bond donors (Lipinski definition) is 2. The van der Waals surface area contributed by atoms with Gasteiger partial charge in [0.15, 0.2) is 6.20 Å². The number of aromatic nitrogens is 2. The van der Waals surface area contributed by atoms with E-state index in [-0.39, 0.29) is 0 Å². The fourth-order valence-corrected chi connectivity index (χ4v) is 3.22. The third kappa shape index (κ3) is 3.85. The van der Waals surface area contributed by atoms with Gasteiger partial charge in [-0.3, -0.25) is 9.55 Å². The van der Waals surface area contributed by atoms with Gasteiger partial charge in [-0.25, -0.2) is 0 Å². The molecule has 6 heteroatoms. The van der Waals surface area contributed by atoms with Crippen LogP contribution in [0.15, 0.2) is 67.1 Å². The van der Waals surface area contributed by atoms with Gasteiger partial charge >= 0.3 is 7.60 Å². The largest absolute Gasteiger partial charge is 0.338 e. The lowest BCUT2D eigenvalue weighted by molar-refractivity contribution is -0.604. The predicted octanol–water partition coefficient (Wildman–Crippen LogP) is 3.57. The average Bonchev–Trinajstić information content (AvgIpc) is 2.61. The monoisotopic (exact) mass is 355 g/mol. The number of nitrogens with zero attached hydrogens (tertiary/aromatic N) is 2. The molecular formula is C19H20N2O3P+. The Labute approximate surface area is 146 Å². The molecule has 0 aliphatic carbocycles. The Balaban J connectivity index is 2.18.